The zero-order valence-electron chi connectivity index (χ0n) is 16.5. The SMILES string of the molecule is CCC(c1cc(F)cc(C(F)(F)F)c1)c1cc(-c2nccc3c2CCNC3=O)ncn1. The fourth-order valence-corrected chi connectivity index (χ4v) is 3.86. The lowest BCUT2D eigenvalue weighted by atomic mass is 9.90. The van der Waals surface area contributed by atoms with E-state index in [0.717, 1.165) is 17.7 Å². The van der Waals surface area contributed by atoms with E-state index >= 15 is 0 Å². The topological polar surface area (TPSA) is 67.8 Å². The van der Waals surface area contributed by atoms with Gasteiger partial charge in [-0.05, 0) is 54.3 Å². The first-order valence-electron chi connectivity index (χ1n) is 9.74. The van der Waals surface area contributed by atoms with E-state index in [1.165, 1.54) is 12.5 Å². The largest absolute Gasteiger partial charge is 0.416 e. The minimum absolute atomic E-state index is 0.182. The number of alkyl halides is 3. The molecular formula is C22H18F4N4O. The number of fused-ring (bicyclic) bond motifs is 1. The highest BCUT2D eigenvalue weighted by atomic mass is 19.4. The van der Waals surface area contributed by atoms with Gasteiger partial charge in [-0.15, -0.1) is 0 Å². The quantitative estimate of drug-likeness (QED) is 0.618. The van der Waals surface area contributed by atoms with Crippen LogP contribution in [0, 0.1) is 5.82 Å². The Morgan fingerprint density at radius 2 is 1.94 bits per heavy atom. The van der Waals surface area contributed by atoms with E-state index in [1.54, 1.807) is 19.1 Å². The van der Waals surface area contributed by atoms with Crippen LogP contribution < -0.4 is 5.32 Å². The molecule has 1 amide bonds. The van der Waals surface area contributed by atoms with Gasteiger partial charge in [-0.3, -0.25) is 9.78 Å². The monoisotopic (exact) mass is 430 g/mol. The van der Waals surface area contributed by atoms with Crippen LogP contribution in [0.5, 0.6) is 0 Å². The summed E-state index contributed by atoms with van der Waals surface area (Å²) in [6.07, 6.45) is -0.846. The maximum atomic E-state index is 14.0. The Hall–Kier alpha value is -3.36. The van der Waals surface area contributed by atoms with Gasteiger partial charge in [-0.1, -0.05) is 6.92 Å². The Morgan fingerprint density at radius 3 is 2.68 bits per heavy atom. The number of pyridine rings is 1. The van der Waals surface area contributed by atoms with Crippen LogP contribution >= 0.6 is 0 Å². The number of carbonyl (C=O) groups excluding carboxylic acids is 1. The molecule has 3 heterocycles. The molecule has 0 bridgehead atoms. The van der Waals surface area contributed by atoms with Crippen LogP contribution in [-0.4, -0.2) is 27.4 Å². The van der Waals surface area contributed by atoms with Crippen LogP contribution in [0.2, 0.25) is 0 Å². The first kappa shape index (κ1) is 20.9. The molecule has 1 unspecified atom stereocenters. The smallest absolute Gasteiger partial charge is 0.352 e. The number of carbonyl (C=O) groups is 1. The zero-order valence-corrected chi connectivity index (χ0v) is 16.5. The number of nitrogens with zero attached hydrogens (tertiary/aromatic N) is 3. The van der Waals surface area contributed by atoms with Crippen LogP contribution in [0.15, 0.2) is 42.9 Å². The van der Waals surface area contributed by atoms with Crippen LogP contribution in [-0.2, 0) is 12.6 Å². The summed E-state index contributed by atoms with van der Waals surface area (Å²) in [5, 5.41) is 2.77. The molecule has 1 aliphatic rings. The Kier molecular flexibility index (Phi) is 5.43. The van der Waals surface area contributed by atoms with E-state index in [1.807, 2.05) is 0 Å². The third-order valence-corrected chi connectivity index (χ3v) is 5.31. The number of amides is 1. The molecule has 1 atom stereocenters. The van der Waals surface area contributed by atoms with E-state index in [-0.39, 0.29) is 11.5 Å². The average molecular weight is 430 g/mol. The molecule has 1 aromatic carbocycles. The molecule has 0 radical (unpaired) electrons. The second kappa shape index (κ2) is 8.05. The number of aromatic nitrogens is 3. The zero-order chi connectivity index (χ0) is 22.2. The molecule has 0 spiro atoms. The fourth-order valence-electron chi connectivity index (χ4n) is 3.86. The van der Waals surface area contributed by atoms with Crippen molar-refractivity contribution in [3.8, 4) is 11.4 Å². The summed E-state index contributed by atoms with van der Waals surface area (Å²) in [7, 11) is 0. The van der Waals surface area contributed by atoms with E-state index in [9.17, 15) is 22.4 Å². The number of rotatable bonds is 4. The van der Waals surface area contributed by atoms with Gasteiger partial charge in [-0.25, -0.2) is 14.4 Å². The normalized spacial score (nSPS) is 14.7. The first-order valence-corrected chi connectivity index (χ1v) is 9.74. The molecule has 0 aliphatic carbocycles. The first-order chi connectivity index (χ1) is 14.8. The summed E-state index contributed by atoms with van der Waals surface area (Å²) in [6.45, 7) is 2.27. The van der Waals surface area contributed by atoms with Crippen molar-refractivity contribution in [3.63, 3.8) is 0 Å². The Morgan fingerprint density at radius 1 is 1.13 bits per heavy atom. The third kappa shape index (κ3) is 4.12. The summed E-state index contributed by atoms with van der Waals surface area (Å²) in [6, 6.07) is 5.80. The molecule has 31 heavy (non-hydrogen) atoms. The van der Waals surface area contributed by atoms with E-state index in [0.29, 0.717) is 48.1 Å². The minimum atomic E-state index is -4.65. The molecule has 1 aliphatic heterocycles. The lowest BCUT2D eigenvalue weighted by Gasteiger charge is -2.20. The summed E-state index contributed by atoms with van der Waals surface area (Å²) >= 11 is 0. The molecule has 0 saturated carbocycles. The summed E-state index contributed by atoms with van der Waals surface area (Å²) in [5.74, 6) is -1.71. The number of benzene rings is 1. The second-order valence-corrected chi connectivity index (χ2v) is 7.25. The van der Waals surface area contributed by atoms with Gasteiger partial charge >= 0.3 is 6.18 Å². The molecule has 9 heteroatoms. The van der Waals surface area contributed by atoms with Crippen molar-refractivity contribution < 1.29 is 22.4 Å². The number of nitrogens with one attached hydrogen (secondary N) is 1. The molecule has 0 saturated heterocycles. The van der Waals surface area contributed by atoms with E-state index < -0.39 is 23.5 Å². The molecule has 5 nitrogen and oxygen atoms in total. The third-order valence-electron chi connectivity index (χ3n) is 5.31. The van der Waals surface area contributed by atoms with Crippen molar-refractivity contribution in [2.75, 3.05) is 6.54 Å². The van der Waals surface area contributed by atoms with Crippen molar-refractivity contribution in [1.29, 1.82) is 0 Å². The van der Waals surface area contributed by atoms with Crippen LogP contribution in [0.25, 0.3) is 11.4 Å². The predicted octanol–water partition coefficient (Wildman–Crippen LogP) is 4.52. The average Bonchev–Trinajstić information content (AvgIpc) is 2.73. The summed E-state index contributed by atoms with van der Waals surface area (Å²) in [5.41, 5.74) is 1.86. The highest BCUT2D eigenvalue weighted by molar-refractivity contribution is 5.98. The maximum Gasteiger partial charge on any atom is 0.416 e. The fraction of sp³-hybridized carbons (Fsp3) is 0.273. The number of hydrogen-bond acceptors (Lipinski definition) is 4. The Bertz CT molecular complexity index is 1150. The number of halogens is 4. The molecule has 2 aromatic heterocycles. The van der Waals surface area contributed by atoms with Crippen LogP contribution in [0.3, 0.4) is 0 Å². The highest BCUT2D eigenvalue weighted by Crippen LogP contribution is 2.35. The van der Waals surface area contributed by atoms with Gasteiger partial charge < -0.3 is 5.32 Å². The van der Waals surface area contributed by atoms with Crippen molar-refractivity contribution in [2.24, 2.45) is 0 Å². The van der Waals surface area contributed by atoms with E-state index in [4.69, 9.17) is 0 Å². The lowest BCUT2D eigenvalue weighted by Crippen LogP contribution is -2.32. The molecule has 160 valence electrons. The van der Waals surface area contributed by atoms with Crippen LogP contribution in [0.4, 0.5) is 17.6 Å². The Labute approximate surface area is 175 Å². The van der Waals surface area contributed by atoms with Gasteiger partial charge in [0.15, 0.2) is 0 Å². The van der Waals surface area contributed by atoms with Crippen LogP contribution in [0.1, 0.15) is 52.0 Å². The van der Waals surface area contributed by atoms with Crippen molar-refractivity contribution in [1.82, 2.24) is 20.3 Å². The summed E-state index contributed by atoms with van der Waals surface area (Å²) in [4.78, 5) is 25.0. The molecule has 4 rings (SSSR count). The summed E-state index contributed by atoms with van der Waals surface area (Å²) < 4.78 is 53.4. The van der Waals surface area contributed by atoms with Crippen molar-refractivity contribution >= 4 is 5.91 Å². The Balaban J connectivity index is 1.78. The van der Waals surface area contributed by atoms with E-state index in [2.05, 4.69) is 20.3 Å². The van der Waals surface area contributed by atoms with Crippen molar-refractivity contribution in [2.45, 2.75) is 31.9 Å². The standard InChI is InChI=1S/C22H18F4N4O/c1-2-15(12-7-13(22(24,25)26)9-14(23)8-12)18-10-19(30-11-29-18)20-16-3-6-28-21(31)17(16)4-5-27-20/h4-5,7-11,15H,2-3,6H2,1H3,(H,28,31). The maximum absolute atomic E-state index is 14.0. The molecule has 3 aromatic rings. The lowest BCUT2D eigenvalue weighted by molar-refractivity contribution is -0.137. The predicted molar refractivity (Wildman–Crippen MR) is 105 cm³/mol. The number of hydrogen-bond donors (Lipinski definition) is 1. The second-order valence-electron chi connectivity index (χ2n) is 7.25. The molecule has 1 N–H and O–H groups in total. The molecular weight excluding hydrogens is 412 g/mol. The van der Waals surface area contributed by atoms with Crippen molar-refractivity contribution in [3.05, 3.63) is 76.6 Å². The van der Waals surface area contributed by atoms with Gasteiger partial charge in [-0.2, -0.15) is 13.2 Å². The van der Waals surface area contributed by atoms with Gasteiger partial charge in [0, 0.05) is 24.2 Å². The van der Waals surface area contributed by atoms with Gasteiger partial charge in [0.05, 0.1) is 22.6 Å². The van der Waals surface area contributed by atoms with Gasteiger partial charge in [0.1, 0.15) is 12.1 Å². The van der Waals surface area contributed by atoms with Gasteiger partial charge in [0.2, 0.25) is 0 Å². The highest BCUT2D eigenvalue weighted by Gasteiger charge is 2.32. The van der Waals surface area contributed by atoms with Gasteiger partial charge in [0.25, 0.3) is 5.91 Å². The minimum Gasteiger partial charge on any atom is -0.352 e. The molecule has 0 fully saturated rings.